The zero-order chi connectivity index (χ0) is 16.3. The molecule has 0 aliphatic rings. The van der Waals surface area contributed by atoms with Crippen LogP contribution in [0.2, 0.25) is 0 Å². The van der Waals surface area contributed by atoms with Gasteiger partial charge >= 0.3 is 0 Å². The van der Waals surface area contributed by atoms with Crippen molar-refractivity contribution >= 4 is 27.3 Å². The second-order valence-electron chi connectivity index (χ2n) is 4.47. The van der Waals surface area contributed by atoms with E-state index in [1.54, 1.807) is 6.07 Å². The summed E-state index contributed by atoms with van der Waals surface area (Å²) in [5.74, 6) is -2.30. The first kappa shape index (κ1) is 15.9. The number of rotatable bonds is 4. The molecule has 0 saturated carbocycles. The van der Waals surface area contributed by atoms with E-state index >= 15 is 0 Å². The molecule has 8 heteroatoms. The molecule has 1 amide bonds. The van der Waals surface area contributed by atoms with Crippen molar-refractivity contribution in [2.24, 2.45) is 0 Å². The van der Waals surface area contributed by atoms with Crippen molar-refractivity contribution in [2.45, 2.75) is 11.8 Å². The van der Waals surface area contributed by atoms with Crippen LogP contribution in [0.1, 0.15) is 6.92 Å². The Balaban J connectivity index is 2.30. The van der Waals surface area contributed by atoms with Gasteiger partial charge in [-0.25, -0.2) is 17.2 Å². The fraction of sp³-hybridized carbons (Fsp3) is 0.0714. The van der Waals surface area contributed by atoms with Gasteiger partial charge in [-0.1, -0.05) is 6.07 Å². The van der Waals surface area contributed by atoms with E-state index < -0.39 is 26.6 Å². The predicted molar refractivity (Wildman–Crippen MR) is 77.9 cm³/mol. The number of hydrogen-bond donors (Lipinski definition) is 2. The molecule has 0 atom stereocenters. The van der Waals surface area contributed by atoms with Gasteiger partial charge in [0.15, 0.2) is 0 Å². The van der Waals surface area contributed by atoms with E-state index in [1.165, 1.54) is 25.1 Å². The first-order valence-corrected chi connectivity index (χ1v) is 7.61. The normalized spacial score (nSPS) is 11.0. The summed E-state index contributed by atoms with van der Waals surface area (Å²) in [6.07, 6.45) is 0. The molecule has 0 aliphatic carbocycles. The molecule has 22 heavy (non-hydrogen) atoms. The summed E-state index contributed by atoms with van der Waals surface area (Å²) in [6, 6.07) is 7.92. The molecule has 116 valence electrons. The summed E-state index contributed by atoms with van der Waals surface area (Å²) in [5.41, 5.74) is 0.536. The number of anilines is 2. The maximum atomic E-state index is 13.1. The summed E-state index contributed by atoms with van der Waals surface area (Å²) < 4.78 is 52.7. The number of carbonyl (C=O) groups is 1. The fourth-order valence-electron chi connectivity index (χ4n) is 1.76. The average Bonchev–Trinajstić information content (AvgIpc) is 2.36. The van der Waals surface area contributed by atoms with Gasteiger partial charge < -0.3 is 5.32 Å². The third kappa shape index (κ3) is 4.01. The van der Waals surface area contributed by atoms with Crippen molar-refractivity contribution < 1.29 is 22.0 Å². The van der Waals surface area contributed by atoms with E-state index in [4.69, 9.17) is 0 Å². The predicted octanol–water partition coefficient (Wildman–Crippen LogP) is 2.72. The Morgan fingerprint density at radius 3 is 2.18 bits per heavy atom. The lowest BCUT2D eigenvalue weighted by Gasteiger charge is -2.10. The number of hydrogen-bond acceptors (Lipinski definition) is 3. The molecule has 2 aromatic carbocycles. The minimum absolute atomic E-state index is 0.149. The molecular weight excluding hydrogens is 314 g/mol. The molecule has 0 bridgehead atoms. The van der Waals surface area contributed by atoms with Crippen LogP contribution in [0, 0.1) is 11.6 Å². The lowest BCUT2D eigenvalue weighted by Crippen LogP contribution is -2.14. The third-order valence-corrected chi connectivity index (χ3v) is 3.94. The lowest BCUT2D eigenvalue weighted by atomic mass is 10.3. The number of benzene rings is 2. The van der Waals surface area contributed by atoms with Gasteiger partial charge in [-0.2, -0.15) is 0 Å². The van der Waals surface area contributed by atoms with Gasteiger partial charge in [0.25, 0.3) is 10.0 Å². The Labute approximate surface area is 126 Å². The maximum absolute atomic E-state index is 13.1. The molecule has 0 heterocycles. The van der Waals surface area contributed by atoms with Crippen molar-refractivity contribution in [3.8, 4) is 0 Å². The number of halogens is 2. The van der Waals surface area contributed by atoms with Gasteiger partial charge in [-0.05, 0) is 30.3 Å². The Hall–Kier alpha value is -2.48. The molecule has 0 radical (unpaired) electrons. The molecule has 0 aliphatic heterocycles. The molecule has 2 N–H and O–H groups in total. The highest BCUT2D eigenvalue weighted by Crippen LogP contribution is 2.20. The van der Waals surface area contributed by atoms with E-state index in [0.717, 1.165) is 0 Å². The topological polar surface area (TPSA) is 75.3 Å². The Morgan fingerprint density at radius 1 is 1.00 bits per heavy atom. The smallest absolute Gasteiger partial charge is 0.262 e. The number of nitrogens with one attached hydrogen (secondary N) is 2. The lowest BCUT2D eigenvalue weighted by molar-refractivity contribution is -0.114. The van der Waals surface area contributed by atoms with Gasteiger partial charge in [0.2, 0.25) is 5.91 Å². The SMILES string of the molecule is CC(=O)Nc1cccc(NS(=O)(=O)c2cc(F)cc(F)c2)c1. The van der Waals surface area contributed by atoms with Crippen LogP contribution in [0.15, 0.2) is 47.4 Å². The van der Waals surface area contributed by atoms with Crippen molar-refractivity contribution in [2.75, 3.05) is 10.0 Å². The summed E-state index contributed by atoms with van der Waals surface area (Å²) in [7, 11) is -4.15. The van der Waals surface area contributed by atoms with Crippen LogP contribution in [0.3, 0.4) is 0 Å². The van der Waals surface area contributed by atoms with E-state index in [1.807, 2.05) is 0 Å². The molecule has 0 fully saturated rings. The van der Waals surface area contributed by atoms with Gasteiger partial charge in [-0.15, -0.1) is 0 Å². The number of amides is 1. The quantitative estimate of drug-likeness (QED) is 0.907. The van der Waals surface area contributed by atoms with Crippen LogP contribution >= 0.6 is 0 Å². The molecule has 0 aromatic heterocycles. The van der Waals surface area contributed by atoms with Crippen molar-refractivity contribution in [1.82, 2.24) is 0 Å². The molecule has 2 rings (SSSR count). The third-order valence-electron chi connectivity index (χ3n) is 2.58. The molecule has 0 spiro atoms. The molecule has 5 nitrogen and oxygen atoms in total. The minimum Gasteiger partial charge on any atom is -0.326 e. The van der Waals surface area contributed by atoms with Gasteiger partial charge in [0.1, 0.15) is 11.6 Å². The highest BCUT2D eigenvalue weighted by Gasteiger charge is 2.16. The fourth-order valence-corrected chi connectivity index (χ4v) is 2.85. The second-order valence-corrected chi connectivity index (χ2v) is 6.16. The van der Waals surface area contributed by atoms with Crippen LogP contribution in [0.25, 0.3) is 0 Å². The van der Waals surface area contributed by atoms with Crippen molar-refractivity contribution in [3.05, 3.63) is 54.1 Å². The largest absolute Gasteiger partial charge is 0.326 e. The van der Waals surface area contributed by atoms with E-state index in [0.29, 0.717) is 23.9 Å². The second kappa shape index (κ2) is 6.10. The van der Waals surface area contributed by atoms with E-state index in [2.05, 4.69) is 10.0 Å². The van der Waals surface area contributed by atoms with Crippen molar-refractivity contribution in [1.29, 1.82) is 0 Å². The highest BCUT2D eigenvalue weighted by molar-refractivity contribution is 7.92. The van der Waals surface area contributed by atoms with E-state index in [-0.39, 0.29) is 11.6 Å². The first-order chi connectivity index (χ1) is 10.3. The molecular formula is C14H12F2N2O3S. The zero-order valence-corrected chi connectivity index (χ0v) is 12.2. The van der Waals surface area contributed by atoms with Crippen LogP contribution in [-0.2, 0) is 14.8 Å². The monoisotopic (exact) mass is 326 g/mol. The van der Waals surface area contributed by atoms with Crippen LogP contribution in [0.5, 0.6) is 0 Å². The number of sulfonamides is 1. The zero-order valence-electron chi connectivity index (χ0n) is 11.4. The minimum atomic E-state index is -4.15. The van der Waals surface area contributed by atoms with E-state index in [9.17, 15) is 22.0 Å². The first-order valence-electron chi connectivity index (χ1n) is 6.13. The van der Waals surface area contributed by atoms with Crippen LogP contribution < -0.4 is 10.0 Å². The Morgan fingerprint density at radius 2 is 1.59 bits per heavy atom. The summed E-state index contributed by atoms with van der Waals surface area (Å²) in [5, 5.41) is 2.50. The van der Waals surface area contributed by atoms with Gasteiger partial charge in [0, 0.05) is 18.7 Å². The highest BCUT2D eigenvalue weighted by atomic mass is 32.2. The van der Waals surface area contributed by atoms with Crippen LogP contribution in [0.4, 0.5) is 20.2 Å². The summed E-state index contributed by atoms with van der Waals surface area (Å²) in [6.45, 7) is 1.31. The molecule has 0 saturated heterocycles. The van der Waals surface area contributed by atoms with Gasteiger partial charge in [-0.3, -0.25) is 9.52 Å². The maximum Gasteiger partial charge on any atom is 0.262 e. The van der Waals surface area contributed by atoms with Crippen molar-refractivity contribution in [3.63, 3.8) is 0 Å². The molecule has 0 unspecified atom stereocenters. The Bertz CT molecular complexity index is 802. The average molecular weight is 326 g/mol. The molecule has 2 aromatic rings. The summed E-state index contributed by atoms with van der Waals surface area (Å²) in [4.78, 5) is 10.4. The standard InChI is InChI=1S/C14H12F2N2O3S/c1-9(19)17-12-3-2-4-13(8-12)18-22(20,21)14-6-10(15)5-11(16)7-14/h2-8,18H,1H3,(H,17,19). The van der Waals surface area contributed by atoms with Crippen LogP contribution in [-0.4, -0.2) is 14.3 Å². The number of carbonyl (C=O) groups excluding carboxylic acids is 1. The Kier molecular flexibility index (Phi) is 4.41. The summed E-state index contributed by atoms with van der Waals surface area (Å²) >= 11 is 0. The van der Waals surface area contributed by atoms with Gasteiger partial charge in [0.05, 0.1) is 10.6 Å².